The first-order valence-corrected chi connectivity index (χ1v) is 8.30. The first-order chi connectivity index (χ1) is 9.15. The van der Waals surface area contributed by atoms with Crippen molar-refractivity contribution < 1.29 is 14.3 Å². The highest BCUT2D eigenvalue weighted by atomic mass is 32.2. The third-order valence-corrected chi connectivity index (χ3v) is 3.33. The molecule has 0 unspecified atom stereocenters. The van der Waals surface area contributed by atoms with Gasteiger partial charge in [-0.2, -0.15) is 24.4 Å². The number of rotatable bonds is 10. The normalized spacial score (nSPS) is 12.4. The number of hydrogen-bond acceptors (Lipinski definition) is 5. The number of carbonyl (C=O) groups is 2. The van der Waals surface area contributed by atoms with Gasteiger partial charge in [0.1, 0.15) is 6.04 Å². The quantitative estimate of drug-likeness (QED) is 0.368. The Morgan fingerprint density at radius 3 is 2.63 bits per heavy atom. The van der Waals surface area contributed by atoms with Crippen LogP contribution in [0.15, 0.2) is 12.2 Å². The predicted molar refractivity (Wildman–Crippen MR) is 83.8 cm³/mol. The summed E-state index contributed by atoms with van der Waals surface area (Å²) in [6.07, 6.45) is 8.49. The van der Waals surface area contributed by atoms with Gasteiger partial charge in [-0.25, -0.2) is 4.79 Å². The molecule has 0 aromatic rings. The van der Waals surface area contributed by atoms with Gasteiger partial charge < -0.3 is 10.1 Å². The number of nitrogens with one attached hydrogen (secondary N) is 1. The first kappa shape index (κ1) is 18.4. The molecule has 0 fully saturated rings. The van der Waals surface area contributed by atoms with E-state index in [9.17, 15) is 9.59 Å². The van der Waals surface area contributed by atoms with Gasteiger partial charge in [-0.15, -0.1) is 0 Å². The number of thiol groups is 1. The molecule has 0 saturated carbocycles. The van der Waals surface area contributed by atoms with Crippen LogP contribution in [0, 0.1) is 0 Å². The molecule has 19 heavy (non-hydrogen) atoms. The van der Waals surface area contributed by atoms with E-state index in [1.165, 1.54) is 7.11 Å². The number of esters is 1. The zero-order chi connectivity index (χ0) is 14.5. The molecule has 4 nitrogen and oxygen atoms in total. The minimum absolute atomic E-state index is 0.118. The van der Waals surface area contributed by atoms with E-state index in [1.54, 1.807) is 11.8 Å². The molecule has 0 saturated heterocycles. The van der Waals surface area contributed by atoms with Crippen LogP contribution in [0.25, 0.3) is 0 Å². The second kappa shape index (κ2) is 12.4. The third-order valence-electron chi connectivity index (χ3n) is 2.43. The Morgan fingerprint density at radius 2 is 2.05 bits per heavy atom. The van der Waals surface area contributed by atoms with Crippen molar-refractivity contribution in [2.75, 3.05) is 24.9 Å². The van der Waals surface area contributed by atoms with Crippen LogP contribution in [0.3, 0.4) is 0 Å². The Bertz CT molecular complexity index is 296. The van der Waals surface area contributed by atoms with E-state index in [0.29, 0.717) is 19.3 Å². The van der Waals surface area contributed by atoms with Crippen LogP contribution in [0.4, 0.5) is 0 Å². The molecule has 0 aliphatic rings. The lowest BCUT2D eigenvalue weighted by molar-refractivity contribution is -0.145. The number of thioether (sulfide) groups is 1. The summed E-state index contributed by atoms with van der Waals surface area (Å²) in [5.74, 6) is 1.11. The summed E-state index contributed by atoms with van der Waals surface area (Å²) < 4.78 is 4.68. The molecule has 0 heterocycles. The highest BCUT2D eigenvalue weighted by Gasteiger charge is 2.20. The number of hydrogen-bond donors (Lipinski definition) is 2. The lowest BCUT2D eigenvalue weighted by Crippen LogP contribution is -2.41. The van der Waals surface area contributed by atoms with Crippen LogP contribution in [0.2, 0.25) is 0 Å². The number of carbonyl (C=O) groups excluding carboxylic acids is 2. The lowest BCUT2D eigenvalue weighted by atomic mass is 10.2. The van der Waals surface area contributed by atoms with Crippen molar-refractivity contribution in [2.24, 2.45) is 0 Å². The average Bonchev–Trinajstić information content (AvgIpc) is 2.42. The SMILES string of the molecule is COC(=O)[C@H](CCSC)NC(=O)CC/C=C/CCS. The molecule has 0 aliphatic carbocycles. The van der Waals surface area contributed by atoms with Crippen LogP contribution >= 0.6 is 24.4 Å². The van der Waals surface area contributed by atoms with E-state index in [4.69, 9.17) is 0 Å². The third kappa shape index (κ3) is 9.90. The van der Waals surface area contributed by atoms with Gasteiger partial charge in [-0.3, -0.25) is 4.79 Å². The van der Waals surface area contributed by atoms with Gasteiger partial charge in [-0.05, 0) is 37.0 Å². The van der Waals surface area contributed by atoms with Crippen molar-refractivity contribution in [3.05, 3.63) is 12.2 Å². The summed E-state index contributed by atoms with van der Waals surface area (Å²) in [4.78, 5) is 23.2. The average molecular weight is 305 g/mol. The fraction of sp³-hybridized carbons (Fsp3) is 0.692. The van der Waals surface area contributed by atoms with Crippen molar-refractivity contribution in [1.82, 2.24) is 5.32 Å². The van der Waals surface area contributed by atoms with Gasteiger partial charge in [0.2, 0.25) is 5.91 Å². The summed E-state index contributed by atoms with van der Waals surface area (Å²) in [5, 5.41) is 2.72. The maximum Gasteiger partial charge on any atom is 0.328 e. The van der Waals surface area contributed by atoms with E-state index in [1.807, 2.05) is 18.4 Å². The monoisotopic (exact) mass is 305 g/mol. The van der Waals surface area contributed by atoms with Crippen molar-refractivity contribution in [3.8, 4) is 0 Å². The topological polar surface area (TPSA) is 55.4 Å². The van der Waals surface area contributed by atoms with E-state index in [0.717, 1.165) is 17.9 Å². The van der Waals surface area contributed by atoms with Crippen molar-refractivity contribution in [3.63, 3.8) is 0 Å². The lowest BCUT2D eigenvalue weighted by Gasteiger charge is -2.15. The van der Waals surface area contributed by atoms with E-state index in [-0.39, 0.29) is 11.9 Å². The number of allylic oxidation sites excluding steroid dienone is 2. The van der Waals surface area contributed by atoms with Crippen LogP contribution in [-0.2, 0) is 14.3 Å². The standard InChI is InChI=1S/C13H23NO3S2/c1-17-13(16)11(8-10-19-2)14-12(15)7-5-3-4-6-9-18/h3-4,11,18H,5-10H2,1-2H3,(H,14,15)/b4-3+/t11-/m0/s1. The van der Waals surface area contributed by atoms with E-state index < -0.39 is 6.04 Å². The zero-order valence-electron chi connectivity index (χ0n) is 11.6. The molecule has 0 aromatic carbocycles. The molecule has 0 bridgehead atoms. The van der Waals surface area contributed by atoms with Gasteiger partial charge >= 0.3 is 5.97 Å². The summed E-state index contributed by atoms with van der Waals surface area (Å²) in [7, 11) is 1.33. The molecular weight excluding hydrogens is 282 g/mol. The molecule has 0 aromatic heterocycles. The second-order valence-corrected chi connectivity index (χ2v) is 5.38. The second-order valence-electron chi connectivity index (χ2n) is 3.95. The smallest absolute Gasteiger partial charge is 0.328 e. The molecular formula is C13H23NO3S2. The number of ether oxygens (including phenoxy) is 1. The van der Waals surface area contributed by atoms with Gasteiger partial charge in [0.05, 0.1) is 7.11 Å². The minimum Gasteiger partial charge on any atom is -0.467 e. The summed E-state index contributed by atoms with van der Waals surface area (Å²) in [5.41, 5.74) is 0. The Balaban J connectivity index is 4.04. The van der Waals surface area contributed by atoms with Gasteiger partial charge in [0.15, 0.2) is 0 Å². The molecule has 0 spiro atoms. The van der Waals surface area contributed by atoms with E-state index >= 15 is 0 Å². The maximum absolute atomic E-state index is 11.7. The highest BCUT2D eigenvalue weighted by molar-refractivity contribution is 7.98. The van der Waals surface area contributed by atoms with Crippen LogP contribution in [-0.4, -0.2) is 42.8 Å². The summed E-state index contributed by atoms with van der Waals surface area (Å²) >= 11 is 5.72. The zero-order valence-corrected chi connectivity index (χ0v) is 13.3. The van der Waals surface area contributed by atoms with Gasteiger partial charge in [0, 0.05) is 6.42 Å². The van der Waals surface area contributed by atoms with Crippen molar-refractivity contribution in [1.29, 1.82) is 0 Å². The Kier molecular flexibility index (Phi) is 12.0. The molecule has 0 rings (SSSR count). The minimum atomic E-state index is -0.536. The largest absolute Gasteiger partial charge is 0.467 e. The molecule has 110 valence electrons. The van der Waals surface area contributed by atoms with Gasteiger partial charge in [0.25, 0.3) is 0 Å². The Morgan fingerprint density at radius 1 is 1.37 bits per heavy atom. The molecule has 1 amide bonds. The molecule has 0 aliphatic heterocycles. The Labute approximate surface area is 125 Å². The molecule has 6 heteroatoms. The van der Waals surface area contributed by atoms with Crippen LogP contribution in [0.1, 0.15) is 25.7 Å². The molecule has 0 radical (unpaired) electrons. The van der Waals surface area contributed by atoms with E-state index in [2.05, 4.69) is 22.7 Å². The van der Waals surface area contributed by atoms with Crippen molar-refractivity contribution >= 4 is 36.3 Å². The number of methoxy groups -OCH3 is 1. The number of amides is 1. The van der Waals surface area contributed by atoms with Crippen LogP contribution in [0.5, 0.6) is 0 Å². The first-order valence-electron chi connectivity index (χ1n) is 6.27. The maximum atomic E-state index is 11.7. The van der Waals surface area contributed by atoms with Crippen molar-refractivity contribution in [2.45, 2.75) is 31.7 Å². The Hall–Kier alpha value is -0.620. The summed E-state index contributed by atoms with van der Waals surface area (Å²) in [6.45, 7) is 0. The fourth-order valence-electron chi connectivity index (χ4n) is 1.42. The van der Waals surface area contributed by atoms with Crippen LogP contribution < -0.4 is 5.32 Å². The highest BCUT2D eigenvalue weighted by Crippen LogP contribution is 2.03. The summed E-state index contributed by atoms with van der Waals surface area (Å²) in [6, 6.07) is -0.536. The fourth-order valence-corrected chi connectivity index (χ4v) is 2.04. The molecule has 1 N–H and O–H groups in total. The molecule has 1 atom stereocenters. The van der Waals surface area contributed by atoms with Gasteiger partial charge in [-0.1, -0.05) is 12.2 Å². The predicted octanol–water partition coefficient (Wildman–Crippen LogP) is 2.05.